The van der Waals surface area contributed by atoms with Gasteiger partial charge in [-0.25, -0.2) is 0 Å². The van der Waals surface area contributed by atoms with Crippen molar-refractivity contribution in [3.05, 3.63) is 0 Å². The number of hydrogen-bond donors (Lipinski definition) is 0. The summed E-state index contributed by atoms with van der Waals surface area (Å²) in [5.74, 6) is 0. The molecule has 0 aromatic heterocycles. The molecule has 0 N–H and O–H groups in total. The van der Waals surface area contributed by atoms with Crippen molar-refractivity contribution >= 4 is 0 Å². The molecule has 0 aromatic rings. The van der Waals surface area contributed by atoms with Crippen molar-refractivity contribution in [1.29, 1.82) is 0 Å². The topological polar surface area (TPSA) is 17.1 Å². The standard InChI is InChI=1S/Cr.Mn.O.Zn. The Kier molecular flexibility index (Phi) is 111. The van der Waals surface area contributed by atoms with Gasteiger partial charge in [0.25, 0.3) is 0 Å². The van der Waals surface area contributed by atoms with Gasteiger partial charge in [0.2, 0.25) is 0 Å². The normalized spacial score (nSPS) is 1.00. The van der Waals surface area contributed by atoms with Crippen LogP contribution in [0.2, 0.25) is 0 Å². The summed E-state index contributed by atoms with van der Waals surface area (Å²) in [5.41, 5.74) is 0. The van der Waals surface area contributed by atoms with Crippen molar-refractivity contribution in [2.45, 2.75) is 0 Å². The fourth-order valence-corrected chi connectivity index (χ4v) is 0. The van der Waals surface area contributed by atoms with Crippen molar-refractivity contribution in [3.8, 4) is 0 Å². The molecule has 0 atom stereocenters. The largest absolute Gasteiger partial charge is 0 e. The molecule has 0 aliphatic carbocycles. The summed E-state index contributed by atoms with van der Waals surface area (Å²) >= 11 is 1.69. The van der Waals surface area contributed by atoms with Crippen molar-refractivity contribution in [2.75, 3.05) is 0 Å². The zero-order chi connectivity index (χ0) is 2.00. The predicted octanol–water partition coefficient (Wildman–Crippen LogP) is -0.126. The van der Waals surface area contributed by atoms with Crippen LogP contribution in [0.1, 0.15) is 0 Å². The molecule has 0 spiro atoms. The molecule has 0 radical (unpaired) electrons. The van der Waals surface area contributed by atoms with Crippen molar-refractivity contribution in [3.63, 3.8) is 0 Å². The van der Waals surface area contributed by atoms with E-state index in [4.69, 9.17) is 3.83 Å². The second-order valence-corrected chi connectivity index (χ2v) is 0. The van der Waals surface area contributed by atoms with Crippen molar-refractivity contribution in [1.82, 2.24) is 0 Å². The average Bonchev–Trinajstić information content (AvgIpc) is 1.00. The van der Waals surface area contributed by atoms with Crippen LogP contribution in [-0.2, 0) is 56.6 Å². The van der Waals surface area contributed by atoms with E-state index in [9.17, 15) is 0 Å². The molecule has 0 unspecified atom stereocenters. The molecule has 0 amide bonds. The maximum absolute atomic E-state index is 8.06. The SMILES string of the molecule is [Cr].[O]=[Mn].[Zn]. The monoisotopic (exact) mass is 187 g/mol. The smallest absolute Gasteiger partial charge is 0 e. The van der Waals surface area contributed by atoms with E-state index in [2.05, 4.69) is 0 Å². The third-order valence-electron chi connectivity index (χ3n) is 0. The van der Waals surface area contributed by atoms with E-state index < -0.39 is 0 Å². The Labute approximate surface area is 56.4 Å². The van der Waals surface area contributed by atoms with E-state index in [0.29, 0.717) is 0 Å². The van der Waals surface area contributed by atoms with Crippen LogP contribution in [0.5, 0.6) is 0 Å². The maximum Gasteiger partial charge on any atom is 0 e. The first-order chi connectivity index (χ1) is 1.00. The minimum absolute atomic E-state index is 0. The minimum atomic E-state index is 0. The average molecular weight is 188 g/mol. The first-order valence-electron chi connectivity index (χ1n) is 0.154. The summed E-state index contributed by atoms with van der Waals surface area (Å²) in [5, 5.41) is 0. The Morgan fingerprint density at radius 3 is 1.25 bits per heavy atom. The van der Waals surface area contributed by atoms with E-state index in [1.807, 2.05) is 0 Å². The van der Waals surface area contributed by atoms with Gasteiger partial charge in [-0.15, -0.1) is 0 Å². The molecular formula is CrMnOZn. The van der Waals surface area contributed by atoms with E-state index in [1.165, 1.54) is 0 Å². The Hall–Kier alpha value is 1.48. The third-order valence-corrected chi connectivity index (χ3v) is 0. The van der Waals surface area contributed by atoms with Gasteiger partial charge < -0.3 is 0 Å². The fraction of sp³-hybridized carbons (Fsp3) is 0. The molecule has 0 rings (SSSR count). The molecule has 4 heavy (non-hydrogen) atoms. The maximum atomic E-state index is 8.06. The molecule has 0 aliphatic rings. The van der Waals surface area contributed by atoms with E-state index >= 15 is 0 Å². The van der Waals surface area contributed by atoms with E-state index in [0.717, 1.165) is 0 Å². The Bertz CT molecular complexity index is 8.00. The van der Waals surface area contributed by atoms with Crippen LogP contribution >= 0.6 is 0 Å². The van der Waals surface area contributed by atoms with Gasteiger partial charge in [0.15, 0.2) is 0 Å². The molecule has 4 heteroatoms. The van der Waals surface area contributed by atoms with Crippen LogP contribution in [0, 0.1) is 0 Å². The fourth-order valence-electron chi connectivity index (χ4n) is 0. The molecule has 0 aliphatic heterocycles. The minimum Gasteiger partial charge on any atom is 0 e. The zero-order valence-electron chi connectivity index (χ0n) is 1.90. The summed E-state index contributed by atoms with van der Waals surface area (Å²) < 4.78 is 8.06. The van der Waals surface area contributed by atoms with Gasteiger partial charge in [-0.3, -0.25) is 0 Å². The van der Waals surface area contributed by atoms with Gasteiger partial charge in [0, 0.05) is 36.8 Å². The van der Waals surface area contributed by atoms with Crippen LogP contribution in [0.25, 0.3) is 0 Å². The van der Waals surface area contributed by atoms with Crippen LogP contribution < -0.4 is 0 Å². The third kappa shape index (κ3) is 9.78. The molecule has 0 aromatic carbocycles. The van der Waals surface area contributed by atoms with Crippen LogP contribution in [0.15, 0.2) is 0 Å². The predicted molar refractivity (Wildman–Crippen MR) is 0.686 cm³/mol. The molecule has 0 bridgehead atoms. The first-order valence-corrected chi connectivity index (χ1v) is 0.636. The van der Waals surface area contributed by atoms with Gasteiger partial charge >= 0.3 is 19.8 Å². The summed E-state index contributed by atoms with van der Waals surface area (Å²) in [6.07, 6.45) is 0. The van der Waals surface area contributed by atoms with Gasteiger partial charge in [0.05, 0.1) is 0 Å². The Morgan fingerprint density at radius 2 is 1.25 bits per heavy atom. The van der Waals surface area contributed by atoms with Gasteiger partial charge in [-0.1, -0.05) is 0 Å². The molecule has 1 nitrogen and oxygen atoms in total. The molecular weight excluding hydrogens is 188 g/mol. The van der Waals surface area contributed by atoms with Crippen molar-refractivity contribution in [2.24, 2.45) is 0 Å². The number of rotatable bonds is 0. The molecule has 0 fully saturated rings. The summed E-state index contributed by atoms with van der Waals surface area (Å²) in [7, 11) is 0. The van der Waals surface area contributed by atoms with Crippen LogP contribution in [0.3, 0.4) is 0 Å². The van der Waals surface area contributed by atoms with Crippen molar-refractivity contribution < 1.29 is 56.6 Å². The summed E-state index contributed by atoms with van der Waals surface area (Å²) in [6.45, 7) is 0. The van der Waals surface area contributed by atoms with Gasteiger partial charge in [-0.2, -0.15) is 0 Å². The molecule has 0 saturated heterocycles. The Morgan fingerprint density at radius 1 is 1.25 bits per heavy atom. The van der Waals surface area contributed by atoms with E-state index in [-0.39, 0.29) is 36.8 Å². The number of hydrogen-bond acceptors (Lipinski definition) is 1. The molecule has 0 heterocycles. The quantitative estimate of drug-likeness (QED) is 0.484. The molecule has 21 valence electrons. The van der Waals surface area contributed by atoms with Gasteiger partial charge in [0.1, 0.15) is 0 Å². The summed E-state index contributed by atoms with van der Waals surface area (Å²) in [4.78, 5) is 0. The summed E-state index contributed by atoms with van der Waals surface area (Å²) in [6, 6.07) is 0. The first kappa shape index (κ1) is 17.9. The van der Waals surface area contributed by atoms with E-state index in [1.54, 1.807) is 15.9 Å². The zero-order valence-corrected chi connectivity index (χ0v) is 7.32. The Balaban J connectivity index is -0.00000000500. The second kappa shape index (κ2) is 24.8. The second-order valence-electron chi connectivity index (χ2n) is 0. The van der Waals surface area contributed by atoms with Gasteiger partial charge in [-0.05, 0) is 0 Å². The van der Waals surface area contributed by atoms with Crippen LogP contribution in [0.4, 0.5) is 0 Å². The van der Waals surface area contributed by atoms with Crippen LogP contribution in [-0.4, -0.2) is 0 Å². The molecule has 0 saturated carbocycles.